The Morgan fingerprint density at radius 3 is 2.90 bits per heavy atom. The third-order valence-electron chi connectivity index (χ3n) is 3.72. The Morgan fingerprint density at radius 1 is 1.55 bits per heavy atom. The number of benzene rings is 1. The van der Waals surface area contributed by atoms with E-state index in [1.54, 1.807) is 13.2 Å². The fourth-order valence-corrected chi connectivity index (χ4v) is 2.46. The molecule has 1 fully saturated rings. The van der Waals surface area contributed by atoms with Gasteiger partial charge in [-0.1, -0.05) is 6.07 Å². The highest BCUT2D eigenvalue weighted by Crippen LogP contribution is 2.34. The van der Waals surface area contributed by atoms with Gasteiger partial charge in [-0.25, -0.2) is 0 Å². The Morgan fingerprint density at radius 2 is 2.30 bits per heavy atom. The predicted molar refractivity (Wildman–Crippen MR) is 79.8 cm³/mol. The SMILES string of the molecule is COc1cccc(NC(=O)CN(C)C(CN)C2CC2)c1. The molecule has 1 aromatic rings. The third kappa shape index (κ3) is 3.95. The van der Waals surface area contributed by atoms with Crippen molar-refractivity contribution in [1.29, 1.82) is 0 Å². The molecule has 1 aliphatic carbocycles. The van der Waals surface area contributed by atoms with Crippen molar-refractivity contribution in [3.8, 4) is 5.75 Å². The molecule has 1 saturated carbocycles. The van der Waals surface area contributed by atoms with Crippen LogP contribution in [0, 0.1) is 5.92 Å². The monoisotopic (exact) mass is 277 g/mol. The number of ether oxygens (including phenoxy) is 1. The van der Waals surface area contributed by atoms with E-state index < -0.39 is 0 Å². The standard InChI is InChI=1S/C15H23N3O2/c1-18(14(9-16)11-6-7-11)10-15(19)17-12-4-3-5-13(8-12)20-2/h3-5,8,11,14H,6-7,9-10,16H2,1-2H3,(H,17,19). The van der Waals surface area contributed by atoms with Gasteiger partial charge >= 0.3 is 0 Å². The van der Waals surface area contributed by atoms with Gasteiger partial charge in [0.15, 0.2) is 0 Å². The lowest BCUT2D eigenvalue weighted by molar-refractivity contribution is -0.117. The number of anilines is 1. The molecule has 110 valence electrons. The van der Waals surface area contributed by atoms with Crippen molar-refractivity contribution in [2.45, 2.75) is 18.9 Å². The first-order chi connectivity index (χ1) is 9.63. The molecule has 3 N–H and O–H groups in total. The Kier molecular flexibility index (Phi) is 4.98. The summed E-state index contributed by atoms with van der Waals surface area (Å²) in [5, 5.41) is 2.88. The summed E-state index contributed by atoms with van der Waals surface area (Å²) in [6.45, 7) is 0.961. The van der Waals surface area contributed by atoms with Crippen LogP contribution in [0.1, 0.15) is 12.8 Å². The van der Waals surface area contributed by atoms with E-state index in [4.69, 9.17) is 10.5 Å². The van der Waals surface area contributed by atoms with Crippen molar-refractivity contribution in [3.05, 3.63) is 24.3 Å². The van der Waals surface area contributed by atoms with E-state index in [2.05, 4.69) is 5.32 Å². The Balaban J connectivity index is 1.87. The molecule has 1 atom stereocenters. The van der Waals surface area contributed by atoms with Gasteiger partial charge in [0.05, 0.1) is 13.7 Å². The summed E-state index contributed by atoms with van der Waals surface area (Å²) in [6.07, 6.45) is 2.45. The van der Waals surface area contributed by atoms with E-state index in [-0.39, 0.29) is 5.91 Å². The molecular formula is C15H23N3O2. The third-order valence-corrected chi connectivity index (χ3v) is 3.72. The van der Waals surface area contributed by atoms with Crippen LogP contribution < -0.4 is 15.8 Å². The van der Waals surface area contributed by atoms with Gasteiger partial charge in [0.2, 0.25) is 5.91 Å². The van der Waals surface area contributed by atoms with E-state index in [0.29, 0.717) is 25.0 Å². The zero-order valence-corrected chi connectivity index (χ0v) is 12.1. The maximum absolute atomic E-state index is 12.1. The normalized spacial score (nSPS) is 16.0. The molecule has 5 heteroatoms. The smallest absolute Gasteiger partial charge is 0.238 e. The number of methoxy groups -OCH3 is 1. The van der Waals surface area contributed by atoms with Crippen LogP contribution in [0.2, 0.25) is 0 Å². The molecule has 5 nitrogen and oxygen atoms in total. The number of nitrogens with two attached hydrogens (primary N) is 1. The number of likely N-dealkylation sites (N-methyl/N-ethyl adjacent to an activating group) is 1. The van der Waals surface area contributed by atoms with Crippen LogP contribution >= 0.6 is 0 Å². The fraction of sp³-hybridized carbons (Fsp3) is 0.533. The van der Waals surface area contributed by atoms with Crippen LogP contribution in [0.3, 0.4) is 0 Å². The second-order valence-corrected chi connectivity index (χ2v) is 5.34. The van der Waals surface area contributed by atoms with Crippen molar-refractivity contribution in [1.82, 2.24) is 4.90 Å². The Hall–Kier alpha value is -1.59. The van der Waals surface area contributed by atoms with E-state index in [9.17, 15) is 4.79 Å². The molecule has 0 spiro atoms. The van der Waals surface area contributed by atoms with Gasteiger partial charge in [-0.15, -0.1) is 0 Å². The highest BCUT2D eigenvalue weighted by molar-refractivity contribution is 5.92. The lowest BCUT2D eigenvalue weighted by atomic mass is 10.1. The summed E-state index contributed by atoms with van der Waals surface area (Å²) >= 11 is 0. The lowest BCUT2D eigenvalue weighted by Gasteiger charge is -2.26. The number of hydrogen-bond acceptors (Lipinski definition) is 4. The van der Waals surface area contributed by atoms with E-state index in [1.807, 2.05) is 30.1 Å². The van der Waals surface area contributed by atoms with Crippen molar-refractivity contribution in [2.75, 3.05) is 32.6 Å². The second kappa shape index (κ2) is 6.72. The Labute approximate surface area is 120 Å². The minimum absolute atomic E-state index is 0.0279. The molecular weight excluding hydrogens is 254 g/mol. The summed E-state index contributed by atoms with van der Waals surface area (Å²) in [5.41, 5.74) is 6.54. The second-order valence-electron chi connectivity index (χ2n) is 5.34. The number of nitrogens with one attached hydrogen (secondary N) is 1. The van der Waals surface area contributed by atoms with Gasteiger partial charge in [0.1, 0.15) is 5.75 Å². The van der Waals surface area contributed by atoms with Gasteiger partial charge in [-0.05, 0) is 37.9 Å². The highest BCUT2D eigenvalue weighted by atomic mass is 16.5. The number of carbonyl (C=O) groups excluding carboxylic acids is 1. The van der Waals surface area contributed by atoms with Gasteiger partial charge in [0.25, 0.3) is 0 Å². The largest absolute Gasteiger partial charge is 0.497 e. The molecule has 1 aromatic carbocycles. The molecule has 1 unspecified atom stereocenters. The van der Waals surface area contributed by atoms with Crippen molar-refractivity contribution in [3.63, 3.8) is 0 Å². The highest BCUT2D eigenvalue weighted by Gasteiger charge is 2.33. The first-order valence-corrected chi connectivity index (χ1v) is 6.98. The molecule has 20 heavy (non-hydrogen) atoms. The maximum atomic E-state index is 12.1. The first kappa shape index (κ1) is 14.8. The Bertz CT molecular complexity index is 460. The minimum Gasteiger partial charge on any atom is -0.497 e. The average molecular weight is 277 g/mol. The minimum atomic E-state index is -0.0279. The maximum Gasteiger partial charge on any atom is 0.238 e. The van der Waals surface area contributed by atoms with Crippen LogP contribution in [0.5, 0.6) is 5.75 Å². The summed E-state index contributed by atoms with van der Waals surface area (Å²) in [7, 11) is 3.57. The number of carbonyl (C=O) groups is 1. The van der Waals surface area contributed by atoms with Crippen LogP contribution in [0.4, 0.5) is 5.69 Å². The fourth-order valence-electron chi connectivity index (χ4n) is 2.46. The molecule has 0 bridgehead atoms. The summed E-state index contributed by atoms with van der Waals surface area (Å²) in [4.78, 5) is 14.1. The summed E-state index contributed by atoms with van der Waals surface area (Å²) in [6, 6.07) is 7.66. The number of nitrogens with zero attached hydrogens (tertiary/aromatic N) is 1. The van der Waals surface area contributed by atoms with Crippen LogP contribution in [-0.2, 0) is 4.79 Å². The number of amides is 1. The van der Waals surface area contributed by atoms with Crippen LogP contribution in [0.15, 0.2) is 24.3 Å². The van der Waals surface area contributed by atoms with E-state index >= 15 is 0 Å². The molecule has 0 aromatic heterocycles. The number of hydrogen-bond donors (Lipinski definition) is 2. The lowest BCUT2D eigenvalue weighted by Crippen LogP contribution is -2.43. The van der Waals surface area contributed by atoms with Crippen molar-refractivity contribution >= 4 is 11.6 Å². The topological polar surface area (TPSA) is 67.6 Å². The van der Waals surface area contributed by atoms with E-state index in [0.717, 1.165) is 11.4 Å². The molecule has 0 aliphatic heterocycles. The van der Waals surface area contributed by atoms with Gasteiger partial charge < -0.3 is 15.8 Å². The predicted octanol–water partition coefficient (Wildman–Crippen LogP) is 1.30. The van der Waals surface area contributed by atoms with Crippen LogP contribution in [0.25, 0.3) is 0 Å². The quantitative estimate of drug-likeness (QED) is 0.788. The molecule has 1 aliphatic rings. The molecule has 0 heterocycles. The zero-order valence-electron chi connectivity index (χ0n) is 12.1. The van der Waals surface area contributed by atoms with Crippen LogP contribution in [-0.4, -0.2) is 44.1 Å². The van der Waals surface area contributed by atoms with Gasteiger partial charge in [-0.3, -0.25) is 9.69 Å². The molecule has 0 radical (unpaired) electrons. The first-order valence-electron chi connectivity index (χ1n) is 6.98. The molecule has 1 amide bonds. The molecule has 2 rings (SSSR count). The summed E-state index contributed by atoms with van der Waals surface area (Å²) in [5.74, 6) is 1.36. The van der Waals surface area contributed by atoms with E-state index in [1.165, 1.54) is 12.8 Å². The summed E-state index contributed by atoms with van der Waals surface area (Å²) < 4.78 is 5.13. The molecule has 0 saturated heterocycles. The van der Waals surface area contributed by atoms with Crippen molar-refractivity contribution < 1.29 is 9.53 Å². The zero-order chi connectivity index (χ0) is 14.5. The van der Waals surface area contributed by atoms with Gasteiger partial charge in [-0.2, -0.15) is 0 Å². The van der Waals surface area contributed by atoms with Gasteiger partial charge in [0, 0.05) is 24.3 Å². The average Bonchev–Trinajstić information content (AvgIpc) is 3.24. The van der Waals surface area contributed by atoms with Crippen molar-refractivity contribution in [2.24, 2.45) is 11.7 Å². The number of rotatable bonds is 7.